The minimum absolute atomic E-state index is 0.0365. The number of aryl methyl sites for hydroxylation is 1. The Morgan fingerprint density at radius 1 is 1.25 bits per heavy atom. The summed E-state index contributed by atoms with van der Waals surface area (Å²) >= 11 is 0. The summed E-state index contributed by atoms with van der Waals surface area (Å²) in [6.45, 7) is 5.52. The lowest BCUT2D eigenvalue weighted by atomic mass is 9.96. The van der Waals surface area contributed by atoms with Crippen LogP contribution in [0.25, 0.3) is 0 Å². The quantitative estimate of drug-likeness (QED) is 0.885. The predicted molar refractivity (Wildman–Crippen MR) is 78.1 cm³/mol. The van der Waals surface area contributed by atoms with Gasteiger partial charge in [-0.2, -0.15) is 0 Å². The molecular weight excluding hydrogens is 252 g/mol. The fourth-order valence-corrected chi connectivity index (χ4v) is 2.38. The van der Waals surface area contributed by atoms with E-state index in [0.717, 1.165) is 12.8 Å². The van der Waals surface area contributed by atoms with Gasteiger partial charge in [0, 0.05) is 5.41 Å². The van der Waals surface area contributed by atoms with E-state index in [4.69, 9.17) is 0 Å². The molecule has 108 valence electrons. The fourth-order valence-electron chi connectivity index (χ4n) is 2.38. The van der Waals surface area contributed by atoms with Crippen LogP contribution in [-0.2, 0) is 16.0 Å². The molecule has 1 aliphatic rings. The number of nitrogens with one attached hydrogen (secondary N) is 2. The van der Waals surface area contributed by atoms with Gasteiger partial charge in [-0.15, -0.1) is 0 Å². The Balaban J connectivity index is 1.86. The molecular formula is C16H22N2O2. The summed E-state index contributed by atoms with van der Waals surface area (Å²) < 4.78 is 0. The van der Waals surface area contributed by atoms with Crippen LogP contribution in [0.3, 0.4) is 0 Å². The van der Waals surface area contributed by atoms with Gasteiger partial charge in [0.15, 0.2) is 0 Å². The van der Waals surface area contributed by atoms with E-state index in [-0.39, 0.29) is 24.4 Å². The average molecular weight is 274 g/mol. The molecule has 20 heavy (non-hydrogen) atoms. The van der Waals surface area contributed by atoms with Gasteiger partial charge in [0.25, 0.3) is 0 Å². The number of benzene rings is 1. The normalized spacial score (nSPS) is 17.4. The van der Waals surface area contributed by atoms with Crippen LogP contribution in [0, 0.1) is 5.41 Å². The van der Waals surface area contributed by atoms with E-state index in [1.807, 2.05) is 32.9 Å². The standard InChI is InChI=1S/C16H22N2O2/c1-16(2,3)15(20)17-10-14(19)18-13-9-8-11-6-4-5-7-12(11)13/h4-7,13H,8-10H2,1-3H3,(H,17,20)(H,18,19)/t13-/m1/s1. The molecule has 0 fully saturated rings. The van der Waals surface area contributed by atoms with E-state index < -0.39 is 5.41 Å². The third kappa shape index (κ3) is 3.38. The summed E-state index contributed by atoms with van der Waals surface area (Å²) in [5.74, 6) is -0.247. The second kappa shape index (κ2) is 5.65. The summed E-state index contributed by atoms with van der Waals surface area (Å²) in [6, 6.07) is 8.24. The molecule has 0 aliphatic heterocycles. The maximum atomic E-state index is 11.9. The van der Waals surface area contributed by atoms with E-state index in [2.05, 4.69) is 22.8 Å². The van der Waals surface area contributed by atoms with Crippen LogP contribution in [0.2, 0.25) is 0 Å². The molecule has 2 N–H and O–H groups in total. The van der Waals surface area contributed by atoms with Gasteiger partial charge in [-0.25, -0.2) is 0 Å². The largest absolute Gasteiger partial charge is 0.348 e. The summed E-state index contributed by atoms with van der Waals surface area (Å²) in [7, 11) is 0. The molecule has 0 saturated carbocycles. The molecule has 2 rings (SSSR count). The molecule has 4 heteroatoms. The van der Waals surface area contributed by atoms with Crippen molar-refractivity contribution in [1.82, 2.24) is 10.6 Å². The molecule has 1 aromatic carbocycles. The lowest BCUT2D eigenvalue weighted by Gasteiger charge is -2.18. The molecule has 2 amide bonds. The van der Waals surface area contributed by atoms with Crippen molar-refractivity contribution in [3.8, 4) is 0 Å². The van der Waals surface area contributed by atoms with Crippen LogP contribution >= 0.6 is 0 Å². The Bertz CT molecular complexity index is 517. The van der Waals surface area contributed by atoms with Crippen LogP contribution in [-0.4, -0.2) is 18.4 Å². The first-order valence-corrected chi connectivity index (χ1v) is 7.03. The first kappa shape index (κ1) is 14.6. The zero-order chi connectivity index (χ0) is 14.8. The Hall–Kier alpha value is -1.84. The van der Waals surface area contributed by atoms with E-state index in [9.17, 15) is 9.59 Å². The molecule has 1 aromatic rings. The molecule has 0 unspecified atom stereocenters. The van der Waals surface area contributed by atoms with Crippen molar-refractivity contribution in [2.24, 2.45) is 5.41 Å². The number of amides is 2. The van der Waals surface area contributed by atoms with Gasteiger partial charge >= 0.3 is 0 Å². The summed E-state index contributed by atoms with van der Waals surface area (Å²) in [6.07, 6.45) is 1.92. The van der Waals surface area contributed by atoms with Crippen LogP contribution in [0.1, 0.15) is 44.4 Å². The first-order valence-electron chi connectivity index (χ1n) is 7.03. The molecule has 1 aliphatic carbocycles. The maximum absolute atomic E-state index is 11.9. The van der Waals surface area contributed by atoms with Gasteiger partial charge < -0.3 is 10.6 Å². The van der Waals surface area contributed by atoms with Gasteiger partial charge in [0.1, 0.15) is 0 Å². The highest BCUT2D eigenvalue weighted by Gasteiger charge is 2.25. The number of carbonyl (C=O) groups is 2. The highest BCUT2D eigenvalue weighted by Crippen LogP contribution is 2.30. The Morgan fingerprint density at radius 3 is 2.65 bits per heavy atom. The lowest BCUT2D eigenvalue weighted by Crippen LogP contribution is -2.42. The highest BCUT2D eigenvalue weighted by molar-refractivity contribution is 5.87. The Labute approximate surface area is 119 Å². The van der Waals surface area contributed by atoms with Crippen molar-refractivity contribution in [2.45, 2.75) is 39.7 Å². The SMILES string of the molecule is CC(C)(C)C(=O)NCC(=O)N[C@@H]1CCc2ccccc21. The van der Waals surface area contributed by atoms with Crippen molar-refractivity contribution in [1.29, 1.82) is 0 Å². The Kier molecular flexibility index (Phi) is 4.12. The first-order chi connectivity index (χ1) is 9.38. The molecule has 0 aromatic heterocycles. The molecule has 1 atom stereocenters. The third-order valence-corrected chi connectivity index (χ3v) is 3.56. The second-order valence-corrected chi connectivity index (χ2v) is 6.29. The minimum atomic E-state index is -0.472. The lowest BCUT2D eigenvalue weighted by molar-refractivity contribution is -0.131. The van der Waals surface area contributed by atoms with Crippen LogP contribution in [0.4, 0.5) is 0 Å². The van der Waals surface area contributed by atoms with E-state index >= 15 is 0 Å². The number of fused-ring (bicyclic) bond motifs is 1. The highest BCUT2D eigenvalue weighted by atomic mass is 16.2. The molecule has 0 saturated heterocycles. The van der Waals surface area contributed by atoms with Gasteiger partial charge in [-0.1, -0.05) is 45.0 Å². The van der Waals surface area contributed by atoms with Gasteiger partial charge in [-0.05, 0) is 24.0 Å². The van der Waals surface area contributed by atoms with Gasteiger partial charge in [0.2, 0.25) is 11.8 Å². The van der Waals surface area contributed by atoms with Crippen LogP contribution < -0.4 is 10.6 Å². The van der Waals surface area contributed by atoms with Crippen LogP contribution in [0.15, 0.2) is 24.3 Å². The smallest absolute Gasteiger partial charge is 0.239 e. The third-order valence-electron chi connectivity index (χ3n) is 3.56. The van der Waals surface area contributed by atoms with E-state index in [0.29, 0.717) is 0 Å². The van der Waals surface area contributed by atoms with Crippen LogP contribution in [0.5, 0.6) is 0 Å². The Morgan fingerprint density at radius 2 is 1.95 bits per heavy atom. The van der Waals surface area contributed by atoms with Crippen molar-refractivity contribution in [3.63, 3.8) is 0 Å². The average Bonchev–Trinajstić information content (AvgIpc) is 2.78. The summed E-state index contributed by atoms with van der Waals surface area (Å²) in [5.41, 5.74) is 2.03. The number of hydrogen-bond acceptors (Lipinski definition) is 2. The van der Waals surface area contributed by atoms with Gasteiger partial charge in [-0.3, -0.25) is 9.59 Å². The van der Waals surface area contributed by atoms with E-state index in [1.54, 1.807) is 0 Å². The second-order valence-electron chi connectivity index (χ2n) is 6.29. The maximum Gasteiger partial charge on any atom is 0.239 e. The summed E-state index contributed by atoms with van der Waals surface area (Å²) in [5, 5.41) is 5.66. The predicted octanol–water partition coefficient (Wildman–Crippen LogP) is 1.95. The zero-order valence-corrected chi connectivity index (χ0v) is 12.3. The molecule has 0 radical (unpaired) electrons. The van der Waals surface area contributed by atoms with E-state index in [1.165, 1.54) is 11.1 Å². The number of carbonyl (C=O) groups excluding carboxylic acids is 2. The number of hydrogen-bond donors (Lipinski definition) is 2. The molecule has 0 spiro atoms. The van der Waals surface area contributed by atoms with Crippen molar-refractivity contribution in [3.05, 3.63) is 35.4 Å². The van der Waals surface area contributed by atoms with Crippen molar-refractivity contribution >= 4 is 11.8 Å². The monoisotopic (exact) mass is 274 g/mol. The molecule has 4 nitrogen and oxygen atoms in total. The zero-order valence-electron chi connectivity index (χ0n) is 12.3. The minimum Gasteiger partial charge on any atom is -0.348 e. The van der Waals surface area contributed by atoms with Gasteiger partial charge in [0.05, 0.1) is 12.6 Å². The fraction of sp³-hybridized carbons (Fsp3) is 0.500. The van der Waals surface area contributed by atoms with Crippen molar-refractivity contribution < 1.29 is 9.59 Å². The summed E-state index contributed by atoms with van der Waals surface area (Å²) in [4.78, 5) is 23.6. The number of rotatable bonds is 3. The molecule has 0 heterocycles. The van der Waals surface area contributed by atoms with Crippen molar-refractivity contribution in [2.75, 3.05) is 6.54 Å². The topological polar surface area (TPSA) is 58.2 Å². The molecule has 0 bridgehead atoms.